The first-order valence-electron chi connectivity index (χ1n) is 21.1. The second-order valence-corrected chi connectivity index (χ2v) is 17.8. The predicted octanol–water partition coefficient (Wildman–Crippen LogP) is 10.1. The van der Waals surface area contributed by atoms with Gasteiger partial charge in [-0.05, 0) is 98.5 Å². The third-order valence-corrected chi connectivity index (χ3v) is 13.8. The maximum atomic E-state index is 7.15. The molecule has 2 aliphatic heterocycles. The summed E-state index contributed by atoms with van der Waals surface area (Å²) >= 11 is 1.92. The van der Waals surface area contributed by atoms with Crippen LogP contribution in [-0.2, 0) is 19.4 Å². The number of anilines is 1. The molecule has 0 radical (unpaired) electrons. The minimum Gasteiger partial charge on any atom is -0.423 e. The molecule has 8 rings (SSSR count). The first-order valence-corrected chi connectivity index (χ1v) is 22.0. The number of aromatic nitrogens is 1. The van der Waals surface area contributed by atoms with E-state index in [1.54, 1.807) is 0 Å². The Balaban J connectivity index is 1.02. The molecule has 3 aromatic carbocycles. The summed E-state index contributed by atoms with van der Waals surface area (Å²) < 4.78 is 7.15. The van der Waals surface area contributed by atoms with E-state index in [1.165, 1.54) is 60.1 Å². The third-order valence-electron chi connectivity index (χ3n) is 12.8. The van der Waals surface area contributed by atoms with E-state index in [4.69, 9.17) is 9.40 Å². The van der Waals surface area contributed by atoms with Gasteiger partial charge in [-0.25, -0.2) is 4.98 Å². The third kappa shape index (κ3) is 9.80. The van der Waals surface area contributed by atoms with Crippen LogP contribution in [0.5, 0.6) is 0 Å². The molecule has 5 aromatic rings. The Hall–Kier alpha value is -3.75. The van der Waals surface area contributed by atoms with Crippen LogP contribution in [0.4, 0.5) is 5.88 Å². The van der Waals surface area contributed by atoms with Crippen LogP contribution in [0.1, 0.15) is 90.2 Å². The molecule has 0 amide bonds. The molecule has 1 saturated carbocycles. The first kappa shape index (κ1) is 38.1. The van der Waals surface area contributed by atoms with Crippen molar-refractivity contribution in [1.29, 1.82) is 0 Å². The average Bonchev–Trinajstić information content (AvgIpc) is 3.90. The van der Waals surface area contributed by atoms with Crippen molar-refractivity contribution < 1.29 is 4.42 Å². The van der Waals surface area contributed by atoms with Gasteiger partial charge in [0.25, 0.3) is 0 Å². The smallest absolute Gasteiger partial charge is 0.219 e. The number of piperazine rings is 1. The van der Waals surface area contributed by atoms with Crippen LogP contribution < -0.4 is 4.90 Å². The van der Waals surface area contributed by atoms with Gasteiger partial charge >= 0.3 is 0 Å². The molecular formula is C48H61N5OS. The van der Waals surface area contributed by atoms with Crippen molar-refractivity contribution in [3.8, 4) is 0 Å². The minimum absolute atomic E-state index is 0.196. The number of rotatable bonds is 14. The van der Waals surface area contributed by atoms with Crippen LogP contribution >= 0.6 is 11.3 Å². The van der Waals surface area contributed by atoms with Gasteiger partial charge in [-0.2, -0.15) is 0 Å². The van der Waals surface area contributed by atoms with E-state index >= 15 is 0 Å². The Labute approximate surface area is 334 Å². The molecule has 2 atom stereocenters. The highest BCUT2D eigenvalue weighted by molar-refractivity contribution is 7.10. The summed E-state index contributed by atoms with van der Waals surface area (Å²) in [5.41, 5.74) is 5.27. The monoisotopic (exact) mass is 755 g/mol. The highest BCUT2D eigenvalue weighted by Crippen LogP contribution is 2.44. The molecule has 290 valence electrons. The van der Waals surface area contributed by atoms with E-state index in [-0.39, 0.29) is 6.04 Å². The maximum Gasteiger partial charge on any atom is 0.219 e. The Morgan fingerprint density at radius 2 is 1.33 bits per heavy atom. The largest absolute Gasteiger partial charge is 0.423 e. The highest BCUT2D eigenvalue weighted by atomic mass is 32.1. The topological polar surface area (TPSA) is 39.0 Å². The summed E-state index contributed by atoms with van der Waals surface area (Å²) in [6.07, 6.45) is 10.6. The van der Waals surface area contributed by atoms with E-state index in [0.717, 1.165) is 82.5 Å². The zero-order valence-electron chi connectivity index (χ0n) is 33.1. The van der Waals surface area contributed by atoms with Gasteiger partial charge in [-0.15, -0.1) is 11.3 Å². The van der Waals surface area contributed by atoms with Gasteiger partial charge in [0, 0.05) is 63.2 Å². The second-order valence-electron chi connectivity index (χ2n) is 16.8. The van der Waals surface area contributed by atoms with Crippen LogP contribution in [0.3, 0.4) is 0 Å². The zero-order chi connectivity index (χ0) is 37.4. The number of thiophene rings is 1. The van der Waals surface area contributed by atoms with Crippen LogP contribution in [0.25, 0.3) is 0 Å². The summed E-state index contributed by atoms with van der Waals surface area (Å²) in [4.78, 5) is 17.4. The minimum atomic E-state index is 0.196. The molecule has 3 aliphatic rings. The lowest BCUT2D eigenvalue weighted by atomic mass is 9.75. The van der Waals surface area contributed by atoms with Crippen molar-refractivity contribution in [2.45, 2.75) is 76.4 Å². The van der Waals surface area contributed by atoms with Crippen molar-refractivity contribution in [2.75, 3.05) is 58.3 Å². The molecule has 2 unspecified atom stereocenters. The summed E-state index contributed by atoms with van der Waals surface area (Å²) in [7, 11) is 4.53. The molecule has 3 fully saturated rings. The fourth-order valence-electron chi connectivity index (χ4n) is 9.85. The van der Waals surface area contributed by atoms with Gasteiger partial charge in [0.05, 0.1) is 6.04 Å². The van der Waals surface area contributed by atoms with E-state index in [2.05, 4.69) is 142 Å². The maximum absolute atomic E-state index is 7.15. The normalized spacial score (nSPS) is 21.5. The molecule has 0 N–H and O–H groups in total. The average molecular weight is 756 g/mol. The Bertz CT molecular complexity index is 1840. The number of nitrogens with zero attached hydrogens (tertiary/aromatic N) is 5. The lowest BCUT2D eigenvalue weighted by molar-refractivity contribution is 0.0595. The number of oxazole rings is 1. The predicted molar refractivity (Wildman–Crippen MR) is 228 cm³/mol. The Morgan fingerprint density at radius 1 is 0.691 bits per heavy atom. The van der Waals surface area contributed by atoms with Gasteiger partial charge < -0.3 is 14.2 Å². The molecule has 0 bridgehead atoms. The van der Waals surface area contributed by atoms with Crippen molar-refractivity contribution >= 4 is 17.2 Å². The molecule has 55 heavy (non-hydrogen) atoms. The van der Waals surface area contributed by atoms with Crippen molar-refractivity contribution in [3.05, 3.63) is 142 Å². The van der Waals surface area contributed by atoms with Crippen LogP contribution in [0.15, 0.2) is 113 Å². The fraction of sp³-hybridized carbons (Fsp3) is 0.479. The molecule has 6 nitrogen and oxygen atoms in total. The molecule has 2 aromatic heterocycles. The van der Waals surface area contributed by atoms with Gasteiger partial charge in [-0.1, -0.05) is 110 Å². The quantitative estimate of drug-likeness (QED) is 0.112. The van der Waals surface area contributed by atoms with Crippen molar-refractivity contribution in [1.82, 2.24) is 19.7 Å². The number of hydrogen-bond donors (Lipinski definition) is 0. The number of piperidine rings is 1. The Morgan fingerprint density at radius 3 is 1.95 bits per heavy atom. The zero-order valence-corrected chi connectivity index (χ0v) is 34.0. The summed E-state index contributed by atoms with van der Waals surface area (Å²) in [6.45, 7) is 7.31. The Kier molecular flexibility index (Phi) is 12.8. The standard InChI is InChI=1S/C48H61N5OS/c1-50(2)46(45-19-12-32-55-45)42-22-20-39(21-23-42)35-44(52-30-28-51(29-31-52)36-41-17-10-5-11-18-41)47-49-43(34-38-15-8-4-9-16-38)48(54-47)53-26-24-40(25-27-53)33-37-13-6-3-7-14-37/h3-19,32,39-40,42,44,46H,20-31,33-36H2,1-2H3. The lowest BCUT2D eigenvalue weighted by Gasteiger charge is -2.41. The molecule has 1 aliphatic carbocycles. The van der Waals surface area contributed by atoms with Crippen molar-refractivity contribution in [2.24, 2.45) is 17.8 Å². The number of benzene rings is 3. The second kappa shape index (κ2) is 18.5. The van der Waals surface area contributed by atoms with Gasteiger partial charge in [-0.3, -0.25) is 9.80 Å². The summed E-state index contributed by atoms with van der Waals surface area (Å²) in [6, 6.07) is 38.2. The van der Waals surface area contributed by atoms with E-state index < -0.39 is 0 Å². The van der Waals surface area contributed by atoms with Crippen LogP contribution in [0, 0.1) is 17.8 Å². The van der Waals surface area contributed by atoms with Gasteiger partial charge in [0.2, 0.25) is 11.8 Å². The van der Waals surface area contributed by atoms with Gasteiger partial charge in [0.1, 0.15) is 5.69 Å². The molecule has 2 saturated heterocycles. The molecule has 7 heteroatoms. The van der Waals surface area contributed by atoms with Crippen molar-refractivity contribution in [3.63, 3.8) is 0 Å². The van der Waals surface area contributed by atoms with Crippen LogP contribution in [-0.4, -0.2) is 73.0 Å². The summed E-state index contributed by atoms with van der Waals surface area (Å²) in [5.74, 6) is 4.08. The fourth-order valence-corrected chi connectivity index (χ4v) is 10.9. The lowest BCUT2D eigenvalue weighted by Crippen LogP contribution is -2.47. The van der Waals surface area contributed by atoms with E-state index in [9.17, 15) is 0 Å². The van der Waals surface area contributed by atoms with Gasteiger partial charge in [0.15, 0.2) is 0 Å². The molecule has 0 spiro atoms. The summed E-state index contributed by atoms with van der Waals surface area (Å²) in [5, 5.41) is 2.24. The van der Waals surface area contributed by atoms with E-state index in [0.29, 0.717) is 23.8 Å². The number of hydrogen-bond acceptors (Lipinski definition) is 7. The molecule has 4 heterocycles. The highest BCUT2D eigenvalue weighted by Gasteiger charge is 2.36. The SMILES string of the molecule is CN(C)C(c1cccs1)C1CCC(CC(c2nc(Cc3ccccc3)c(N3CCC(Cc4ccccc4)CC3)o2)N2CCN(Cc3ccccc3)CC2)CC1. The molecular weight excluding hydrogens is 695 g/mol. The van der Waals surface area contributed by atoms with E-state index in [1.807, 2.05) is 11.3 Å². The first-order chi connectivity index (χ1) is 27.1. The van der Waals surface area contributed by atoms with Crippen LogP contribution in [0.2, 0.25) is 0 Å².